The maximum Gasteiger partial charge on any atom is 0.250 e. The second kappa shape index (κ2) is 5.56. The van der Waals surface area contributed by atoms with Gasteiger partial charge >= 0.3 is 0 Å². The summed E-state index contributed by atoms with van der Waals surface area (Å²) < 4.78 is 27.2. The molecule has 0 aliphatic heterocycles. The first-order chi connectivity index (χ1) is 8.38. The first kappa shape index (κ1) is 14.4. The molecule has 98 valence electrons. The van der Waals surface area contributed by atoms with Gasteiger partial charge in [-0.1, -0.05) is 11.6 Å². The van der Waals surface area contributed by atoms with Crippen LogP contribution in [0.25, 0.3) is 0 Å². The molecule has 9 heteroatoms. The lowest BCUT2D eigenvalue weighted by Gasteiger charge is -2.01. The van der Waals surface area contributed by atoms with Gasteiger partial charge in [-0.15, -0.1) is 22.7 Å². The van der Waals surface area contributed by atoms with Crippen LogP contribution in [-0.4, -0.2) is 13.4 Å². The van der Waals surface area contributed by atoms with Crippen molar-refractivity contribution >= 4 is 60.2 Å². The highest BCUT2D eigenvalue weighted by Crippen LogP contribution is 2.34. The number of sulfonamides is 1. The van der Waals surface area contributed by atoms with Crippen molar-refractivity contribution in [2.75, 3.05) is 0 Å². The smallest absolute Gasteiger partial charge is 0.248 e. The van der Waals surface area contributed by atoms with Crippen LogP contribution in [0.4, 0.5) is 0 Å². The van der Waals surface area contributed by atoms with Crippen LogP contribution in [0.1, 0.15) is 9.88 Å². The molecule has 0 radical (unpaired) electrons. The molecule has 2 aromatic heterocycles. The van der Waals surface area contributed by atoms with Crippen molar-refractivity contribution in [3.63, 3.8) is 0 Å². The number of thiophene rings is 1. The highest BCUT2D eigenvalue weighted by atomic mass is 79.9. The predicted octanol–water partition coefficient (Wildman–Crippen LogP) is 3.41. The maximum atomic E-state index is 12.0. The van der Waals surface area contributed by atoms with Crippen LogP contribution in [0.5, 0.6) is 0 Å². The van der Waals surface area contributed by atoms with Gasteiger partial charge < -0.3 is 0 Å². The molecule has 0 atom stereocenters. The van der Waals surface area contributed by atoms with Crippen molar-refractivity contribution in [2.24, 2.45) is 0 Å². The Hall–Kier alpha value is 0.01000. The number of nitrogens with one attached hydrogen (secondary N) is 1. The Morgan fingerprint density at radius 1 is 1.50 bits per heavy atom. The Bertz CT molecular complexity index is 646. The molecule has 0 fully saturated rings. The lowest BCUT2D eigenvalue weighted by molar-refractivity contribution is 0.583. The van der Waals surface area contributed by atoms with Crippen LogP contribution in [0.3, 0.4) is 0 Å². The van der Waals surface area contributed by atoms with Crippen LogP contribution in [-0.2, 0) is 16.6 Å². The normalized spacial score (nSPS) is 11.9. The molecular weight excluding hydrogens is 380 g/mol. The number of halogens is 2. The van der Waals surface area contributed by atoms with Gasteiger partial charge in [-0.3, -0.25) is 0 Å². The van der Waals surface area contributed by atoms with E-state index in [4.69, 9.17) is 11.6 Å². The number of aromatic nitrogens is 1. The van der Waals surface area contributed by atoms with Gasteiger partial charge in [0.05, 0.1) is 15.4 Å². The quantitative estimate of drug-likeness (QED) is 0.874. The first-order valence-electron chi connectivity index (χ1n) is 4.74. The van der Waals surface area contributed by atoms with Crippen molar-refractivity contribution in [2.45, 2.75) is 17.7 Å². The number of thiazole rings is 1. The van der Waals surface area contributed by atoms with Gasteiger partial charge in [0.25, 0.3) is 10.0 Å². The topological polar surface area (TPSA) is 59.1 Å². The Kier molecular flexibility index (Phi) is 4.45. The Morgan fingerprint density at radius 3 is 2.72 bits per heavy atom. The van der Waals surface area contributed by atoms with E-state index in [2.05, 4.69) is 25.6 Å². The SMILES string of the molecule is Cc1cnc(CNS(=O)(=O)c2cc(Cl)c(Br)s2)s1. The first-order valence-corrected chi connectivity index (χ1v) is 9.03. The van der Waals surface area contributed by atoms with Gasteiger partial charge in [0.1, 0.15) is 9.22 Å². The van der Waals surface area contributed by atoms with E-state index in [1.165, 1.54) is 17.4 Å². The number of hydrogen-bond donors (Lipinski definition) is 1. The zero-order valence-electron chi connectivity index (χ0n) is 9.11. The molecule has 0 spiro atoms. The van der Waals surface area contributed by atoms with E-state index in [9.17, 15) is 8.42 Å². The van der Waals surface area contributed by atoms with Crippen LogP contribution in [0, 0.1) is 6.92 Å². The van der Waals surface area contributed by atoms with E-state index in [0.29, 0.717) is 8.81 Å². The Morgan fingerprint density at radius 2 is 2.22 bits per heavy atom. The minimum absolute atomic E-state index is 0.188. The van der Waals surface area contributed by atoms with E-state index in [1.54, 1.807) is 6.20 Å². The van der Waals surface area contributed by atoms with Crippen molar-refractivity contribution in [1.29, 1.82) is 0 Å². The van der Waals surface area contributed by atoms with Gasteiger partial charge in [0.2, 0.25) is 0 Å². The summed E-state index contributed by atoms with van der Waals surface area (Å²) in [5, 5.41) is 1.13. The number of nitrogens with zero attached hydrogens (tertiary/aromatic N) is 1. The molecule has 2 rings (SSSR count). The summed E-state index contributed by atoms with van der Waals surface area (Å²) in [5.41, 5.74) is 0. The zero-order valence-corrected chi connectivity index (χ0v) is 13.9. The molecular formula is C9H8BrClN2O2S3. The van der Waals surface area contributed by atoms with E-state index < -0.39 is 10.0 Å². The third-order valence-corrected chi connectivity index (χ3v) is 7.23. The molecule has 0 aromatic carbocycles. The van der Waals surface area contributed by atoms with Crippen LogP contribution >= 0.6 is 50.2 Å². The molecule has 0 aliphatic rings. The summed E-state index contributed by atoms with van der Waals surface area (Å²) in [7, 11) is -3.53. The third kappa shape index (κ3) is 3.31. The predicted molar refractivity (Wildman–Crippen MR) is 77.9 cm³/mol. The lowest BCUT2D eigenvalue weighted by atomic mass is 10.6. The van der Waals surface area contributed by atoms with Gasteiger partial charge in [-0.25, -0.2) is 18.1 Å². The monoisotopic (exact) mass is 386 g/mol. The lowest BCUT2D eigenvalue weighted by Crippen LogP contribution is -2.22. The summed E-state index contributed by atoms with van der Waals surface area (Å²) in [6.07, 6.45) is 1.72. The van der Waals surface area contributed by atoms with Crippen molar-refractivity contribution < 1.29 is 8.42 Å². The van der Waals surface area contributed by atoms with Crippen molar-refractivity contribution in [3.8, 4) is 0 Å². The average molecular weight is 388 g/mol. The van der Waals surface area contributed by atoms with Crippen LogP contribution in [0.2, 0.25) is 5.02 Å². The second-order valence-electron chi connectivity index (χ2n) is 3.38. The third-order valence-electron chi connectivity index (χ3n) is 1.97. The molecule has 18 heavy (non-hydrogen) atoms. The fourth-order valence-corrected chi connectivity index (χ4v) is 5.42. The van der Waals surface area contributed by atoms with E-state index >= 15 is 0 Å². The molecule has 0 aliphatic carbocycles. The van der Waals surface area contributed by atoms with Crippen LogP contribution in [0.15, 0.2) is 20.3 Å². The summed E-state index contributed by atoms with van der Waals surface area (Å²) >= 11 is 11.5. The molecule has 2 heterocycles. The highest BCUT2D eigenvalue weighted by molar-refractivity contribution is 9.11. The summed E-state index contributed by atoms with van der Waals surface area (Å²) in [6.45, 7) is 2.11. The van der Waals surface area contributed by atoms with Crippen molar-refractivity contribution in [1.82, 2.24) is 9.71 Å². The molecule has 0 bridgehead atoms. The van der Waals surface area contributed by atoms with Gasteiger partial charge in [-0.2, -0.15) is 0 Å². The van der Waals surface area contributed by atoms with Gasteiger partial charge in [-0.05, 0) is 28.9 Å². The number of rotatable bonds is 4. The Labute approximate surface area is 126 Å². The minimum atomic E-state index is -3.53. The standard InChI is InChI=1S/C9H8BrClN2O2S3/c1-5-3-12-7(16-5)4-13-18(14,15)8-2-6(11)9(10)17-8/h2-3,13H,4H2,1H3. The number of hydrogen-bond acceptors (Lipinski definition) is 5. The van der Waals surface area contributed by atoms with Crippen LogP contribution < -0.4 is 4.72 Å². The summed E-state index contributed by atoms with van der Waals surface area (Å²) in [6, 6.07) is 1.42. The maximum absolute atomic E-state index is 12.0. The number of aryl methyl sites for hydroxylation is 1. The summed E-state index contributed by atoms with van der Waals surface area (Å²) in [5.74, 6) is 0. The molecule has 2 aromatic rings. The Balaban J connectivity index is 2.12. The molecule has 0 saturated carbocycles. The van der Waals surface area contributed by atoms with E-state index in [-0.39, 0.29) is 10.8 Å². The minimum Gasteiger partial charge on any atom is -0.248 e. The van der Waals surface area contributed by atoms with E-state index in [1.807, 2.05) is 6.92 Å². The largest absolute Gasteiger partial charge is 0.250 e. The molecule has 0 unspecified atom stereocenters. The second-order valence-corrected chi connectivity index (χ2v) is 9.47. The molecule has 0 amide bonds. The zero-order chi connectivity index (χ0) is 13.3. The van der Waals surface area contributed by atoms with E-state index in [0.717, 1.165) is 21.2 Å². The molecule has 0 saturated heterocycles. The van der Waals surface area contributed by atoms with Gasteiger partial charge in [0.15, 0.2) is 0 Å². The summed E-state index contributed by atoms with van der Waals surface area (Å²) in [4.78, 5) is 5.14. The molecule has 4 nitrogen and oxygen atoms in total. The molecule has 1 N–H and O–H groups in total. The van der Waals surface area contributed by atoms with Crippen molar-refractivity contribution in [3.05, 3.63) is 31.0 Å². The fraction of sp³-hybridized carbons (Fsp3) is 0.222. The highest BCUT2D eigenvalue weighted by Gasteiger charge is 2.19. The average Bonchev–Trinajstić information content (AvgIpc) is 2.84. The fourth-order valence-electron chi connectivity index (χ4n) is 1.17. The van der Waals surface area contributed by atoms with Gasteiger partial charge in [0, 0.05) is 11.1 Å².